The summed E-state index contributed by atoms with van der Waals surface area (Å²) < 4.78 is 27.8. The number of alkyl halides is 2. The number of nitrogens with one attached hydrogen (secondary N) is 1. The Labute approximate surface area is 212 Å². The van der Waals surface area contributed by atoms with E-state index in [1.807, 2.05) is 4.90 Å². The van der Waals surface area contributed by atoms with Gasteiger partial charge in [-0.2, -0.15) is 0 Å². The number of aliphatic carboxylic acids is 1. The van der Waals surface area contributed by atoms with Crippen molar-refractivity contribution < 1.29 is 18.7 Å². The van der Waals surface area contributed by atoms with Gasteiger partial charge in [0.1, 0.15) is 18.2 Å². The Bertz CT molecular complexity index is 1020. The molecule has 10 heteroatoms. The number of hydrogen-bond acceptors (Lipinski definition) is 6. The highest BCUT2D eigenvalue weighted by Crippen LogP contribution is 2.40. The van der Waals surface area contributed by atoms with Crippen LogP contribution >= 0.6 is 15.9 Å². The van der Waals surface area contributed by atoms with E-state index in [-0.39, 0.29) is 25.3 Å². The normalized spacial score (nSPS) is 18.1. The van der Waals surface area contributed by atoms with E-state index < -0.39 is 17.9 Å². The molecule has 0 spiro atoms. The van der Waals surface area contributed by atoms with Gasteiger partial charge < -0.3 is 10.4 Å². The minimum Gasteiger partial charge on any atom is -0.480 e. The molecule has 0 aliphatic heterocycles. The van der Waals surface area contributed by atoms with Gasteiger partial charge in [-0.05, 0) is 85.5 Å². The summed E-state index contributed by atoms with van der Waals surface area (Å²) in [4.78, 5) is 26.7. The summed E-state index contributed by atoms with van der Waals surface area (Å²) in [5.74, 6) is -3.23. The fourth-order valence-electron chi connectivity index (χ4n) is 4.89. The number of hydrogen-bond donors (Lipinski definition) is 2. The average molecular weight is 552 g/mol. The van der Waals surface area contributed by atoms with Crippen molar-refractivity contribution in [1.29, 1.82) is 0 Å². The van der Waals surface area contributed by atoms with Crippen LogP contribution in [0.1, 0.15) is 61.9 Å². The first kappa shape index (κ1) is 25.9. The summed E-state index contributed by atoms with van der Waals surface area (Å²) in [7, 11) is 0. The van der Waals surface area contributed by atoms with Crippen LogP contribution in [0.4, 0.5) is 14.6 Å². The van der Waals surface area contributed by atoms with Gasteiger partial charge in [-0.25, -0.2) is 23.5 Å². The van der Waals surface area contributed by atoms with E-state index in [9.17, 15) is 18.7 Å². The molecule has 2 aliphatic carbocycles. The number of aromatic nitrogens is 3. The lowest BCUT2D eigenvalue weighted by atomic mass is 9.86. The lowest BCUT2D eigenvalue weighted by Crippen LogP contribution is -2.52. The number of unbranched alkanes of at least 4 members (excludes halogenated alkanes) is 1. The van der Waals surface area contributed by atoms with E-state index >= 15 is 0 Å². The molecule has 0 amide bonds. The molecule has 2 aliphatic rings. The predicted molar refractivity (Wildman–Crippen MR) is 133 cm³/mol. The number of halogens is 3. The Morgan fingerprint density at radius 2 is 2.03 bits per heavy atom. The van der Waals surface area contributed by atoms with Gasteiger partial charge in [0.15, 0.2) is 0 Å². The lowest BCUT2D eigenvalue weighted by Gasteiger charge is -2.43. The number of carboxylic acids is 1. The molecule has 0 saturated heterocycles. The van der Waals surface area contributed by atoms with Gasteiger partial charge in [0, 0.05) is 43.0 Å². The zero-order valence-electron chi connectivity index (χ0n) is 19.7. The number of carboxylic acid groups (broad SMARTS) is 1. The van der Waals surface area contributed by atoms with Crippen molar-refractivity contribution in [3.05, 3.63) is 46.1 Å². The fraction of sp³-hybridized carbons (Fsp3) is 0.600. The van der Waals surface area contributed by atoms with Crippen LogP contribution in [-0.4, -0.2) is 62.0 Å². The van der Waals surface area contributed by atoms with Gasteiger partial charge in [-0.1, -0.05) is 6.07 Å². The Hall–Kier alpha value is -2.20. The molecule has 7 nitrogen and oxygen atoms in total. The van der Waals surface area contributed by atoms with E-state index in [1.165, 1.54) is 36.6 Å². The molecule has 1 atom stereocenters. The van der Waals surface area contributed by atoms with E-state index in [4.69, 9.17) is 4.98 Å². The van der Waals surface area contributed by atoms with E-state index in [1.54, 1.807) is 0 Å². The molecule has 190 valence electrons. The third kappa shape index (κ3) is 7.16. The predicted octanol–water partition coefficient (Wildman–Crippen LogP) is 4.89. The van der Waals surface area contributed by atoms with Crippen LogP contribution in [0, 0.1) is 0 Å². The van der Waals surface area contributed by atoms with Gasteiger partial charge in [0.2, 0.25) is 0 Å². The first-order chi connectivity index (χ1) is 16.8. The molecule has 0 radical (unpaired) electrons. The molecule has 2 aromatic rings. The minimum atomic E-state index is -2.62. The van der Waals surface area contributed by atoms with Crippen molar-refractivity contribution in [2.75, 3.05) is 18.4 Å². The summed E-state index contributed by atoms with van der Waals surface area (Å²) >= 11 is 3.31. The Balaban J connectivity index is 1.30. The highest BCUT2D eigenvalue weighted by molar-refractivity contribution is 9.10. The number of carbonyl (C=O) groups is 1. The second kappa shape index (κ2) is 11.7. The molecule has 35 heavy (non-hydrogen) atoms. The molecule has 2 heterocycles. The third-order valence-electron chi connectivity index (χ3n) is 6.93. The lowest BCUT2D eigenvalue weighted by molar-refractivity contribution is -0.139. The van der Waals surface area contributed by atoms with Crippen LogP contribution in [0.2, 0.25) is 0 Å². The maximum absolute atomic E-state index is 13.6. The summed E-state index contributed by atoms with van der Waals surface area (Å²) in [6.45, 7) is 1.08. The summed E-state index contributed by atoms with van der Waals surface area (Å²) in [6.07, 6.45) is 10.1. The molecular formula is C25H32BrF2N5O2. The van der Waals surface area contributed by atoms with Gasteiger partial charge in [0.25, 0.3) is 5.92 Å². The number of fused-ring (bicyclic) bond motifs is 1. The first-order valence-electron chi connectivity index (χ1n) is 12.3. The van der Waals surface area contributed by atoms with Crippen molar-refractivity contribution in [3.8, 4) is 0 Å². The van der Waals surface area contributed by atoms with Crippen LogP contribution in [0.25, 0.3) is 0 Å². The van der Waals surface area contributed by atoms with E-state index in [0.29, 0.717) is 23.4 Å². The second-order valence-corrected chi connectivity index (χ2v) is 10.4. The molecule has 0 bridgehead atoms. The van der Waals surface area contributed by atoms with Crippen molar-refractivity contribution in [2.45, 2.75) is 82.2 Å². The number of rotatable bonds is 12. The maximum atomic E-state index is 13.6. The van der Waals surface area contributed by atoms with Gasteiger partial charge in [-0.3, -0.25) is 9.88 Å². The SMILES string of the molecule is O=C(O)[C@H](CCN(CCCCc1ccc2c(n1)CCCC2)C1CC(F)(F)C1)Nc1ncncc1Br. The Kier molecular flexibility index (Phi) is 8.64. The zero-order valence-corrected chi connectivity index (χ0v) is 21.3. The fourth-order valence-corrected chi connectivity index (χ4v) is 5.22. The number of pyridine rings is 1. The minimum absolute atomic E-state index is 0.165. The maximum Gasteiger partial charge on any atom is 0.326 e. The van der Waals surface area contributed by atoms with Crippen molar-refractivity contribution in [3.63, 3.8) is 0 Å². The van der Waals surface area contributed by atoms with Crippen LogP contribution in [0.5, 0.6) is 0 Å². The average Bonchev–Trinajstić information content (AvgIpc) is 2.82. The zero-order chi connectivity index (χ0) is 24.8. The van der Waals surface area contributed by atoms with Crippen LogP contribution in [-0.2, 0) is 24.1 Å². The topological polar surface area (TPSA) is 91.2 Å². The summed E-state index contributed by atoms with van der Waals surface area (Å²) in [5.41, 5.74) is 3.69. The largest absolute Gasteiger partial charge is 0.480 e. The van der Waals surface area contributed by atoms with Gasteiger partial charge >= 0.3 is 5.97 Å². The Morgan fingerprint density at radius 3 is 2.77 bits per heavy atom. The van der Waals surface area contributed by atoms with E-state index in [0.717, 1.165) is 37.8 Å². The van der Waals surface area contributed by atoms with Crippen LogP contribution in [0.15, 0.2) is 29.1 Å². The van der Waals surface area contributed by atoms with Gasteiger partial charge in [-0.15, -0.1) is 0 Å². The Morgan fingerprint density at radius 1 is 1.23 bits per heavy atom. The van der Waals surface area contributed by atoms with Crippen LogP contribution in [0.3, 0.4) is 0 Å². The quantitative estimate of drug-likeness (QED) is 0.363. The third-order valence-corrected chi connectivity index (χ3v) is 7.51. The molecule has 2 aromatic heterocycles. The standard InChI is InChI=1S/C25H32BrF2N5O2/c26-20-15-29-16-30-23(20)32-22(24(34)35)10-12-33(19-13-25(27,28)14-19)11-4-3-6-18-9-8-17-5-1-2-7-21(17)31-18/h8-9,15-16,19,22H,1-7,10-14H2,(H,34,35)(H,29,30,32)/t22-/m0/s1. The van der Waals surface area contributed by atoms with Crippen molar-refractivity contribution >= 4 is 27.7 Å². The smallest absolute Gasteiger partial charge is 0.326 e. The molecule has 0 aromatic carbocycles. The summed E-state index contributed by atoms with van der Waals surface area (Å²) in [6, 6.07) is 3.22. The van der Waals surface area contributed by atoms with E-state index in [2.05, 4.69) is 43.3 Å². The number of nitrogens with zero attached hydrogens (tertiary/aromatic N) is 4. The van der Waals surface area contributed by atoms with Gasteiger partial charge in [0.05, 0.1) is 4.47 Å². The van der Waals surface area contributed by atoms with Crippen molar-refractivity contribution in [1.82, 2.24) is 19.9 Å². The monoisotopic (exact) mass is 551 g/mol. The van der Waals surface area contributed by atoms with Crippen LogP contribution < -0.4 is 5.32 Å². The first-order valence-corrected chi connectivity index (χ1v) is 13.1. The number of aryl methyl sites for hydroxylation is 3. The number of anilines is 1. The highest BCUT2D eigenvalue weighted by Gasteiger charge is 2.47. The molecule has 4 rings (SSSR count). The second-order valence-electron chi connectivity index (χ2n) is 9.57. The molecule has 2 N–H and O–H groups in total. The molecule has 1 saturated carbocycles. The van der Waals surface area contributed by atoms with Crippen molar-refractivity contribution in [2.24, 2.45) is 0 Å². The molecular weight excluding hydrogens is 520 g/mol. The highest BCUT2D eigenvalue weighted by atomic mass is 79.9. The molecule has 1 fully saturated rings. The summed E-state index contributed by atoms with van der Waals surface area (Å²) in [5, 5.41) is 12.6. The molecule has 0 unspecified atom stereocenters.